The van der Waals surface area contributed by atoms with Gasteiger partial charge in [-0.25, -0.2) is 4.79 Å². The quantitative estimate of drug-likeness (QED) is 0.419. The second-order valence-corrected chi connectivity index (χ2v) is 10.8. The molecular formula is C30H40N4O2. The van der Waals surface area contributed by atoms with Crippen molar-refractivity contribution in [1.82, 2.24) is 14.8 Å². The monoisotopic (exact) mass is 488 g/mol. The molecular weight excluding hydrogens is 448 g/mol. The van der Waals surface area contributed by atoms with Crippen molar-refractivity contribution in [1.29, 1.82) is 0 Å². The smallest absolute Gasteiger partial charge is 0.321 e. The molecule has 0 aliphatic carbocycles. The van der Waals surface area contributed by atoms with Crippen LogP contribution in [-0.4, -0.2) is 64.7 Å². The highest BCUT2D eigenvalue weighted by Crippen LogP contribution is 2.34. The Morgan fingerprint density at radius 1 is 1.03 bits per heavy atom. The first-order chi connectivity index (χ1) is 17.5. The van der Waals surface area contributed by atoms with Crippen molar-refractivity contribution in [3.05, 3.63) is 65.4 Å². The number of rotatable bonds is 6. The normalized spacial score (nSPS) is 19.0. The Hall–Kier alpha value is -2.83. The average molecular weight is 489 g/mol. The van der Waals surface area contributed by atoms with Crippen molar-refractivity contribution >= 4 is 22.6 Å². The van der Waals surface area contributed by atoms with Gasteiger partial charge in [-0.15, -0.1) is 0 Å². The molecule has 0 spiro atoms. The molecule has 2 aliphatic heterocycles. The molecule has 192 valence electrons. The van der Waals surface area contributed by atoms with Crippen molar-refractivity contribution in [2.45, 2.75) is 57.9 Å². The predicted molar refractivity (Wildman–Crippen MR) is 147 cm³/mol. The van der Waals surface area contributed by atoms with Crippen LogP contribution in [0.1, 0.15) is 54.7 Å². The van der Waals surface area contributed by atoms with E-state index in [4.69, 9.17) is 0 Å². The lowest BCUT2D eigenvalue weighted by Gasteiger charge is -2.40. The fourth-order valence-corrected chi connectivity index (χ4v) is 6.12. The molecule has 3 heterocycles. The molecule has 2 fully saturated rings. The minimum absolute atomic E-state index is 0.00485. The van der Waals surface area contributed by atoms with Crippen LogP contribution in [0.3, 0.4) is 0 Å². The largest absolute Gasteiger partial charge is 0.395 e. The molecule has 0 saturated carbocycles. The molecule has 6 heteroatoms. The molecule has 1 unspecified atom stereocenters. The van der Waals surface area contributed by atoms with Crippen LogP contribution in [0, 0.1) is 19.8 Å². The molecule has 0 bridgehead atoms. The fraction of sp³-hybridized carbons (Fsp3) is 0.500. The maximum absolute atomic E-state index is 12.8. The molecule has 2 aromatic carbocycles. The van der Waals surface area contributed by atoms with Gasteiger partial charge in [0.05, 0.1) is 6.61 Å². The Kier molecular flexibility index (Phi) is 7.63. The van der Waals surface area contributed by atoms with E-state index in [9.17, 15) is 9.90 Å². The van der Waals surface area contributed by atoms with Crippen LogP contribution >= 0.6 is 0 Å². The molecule has 3 N–H and O–H groups in total. The maximum Gasteiger partial charge on any atom is 0.321 e. The van der Waals surface area contributed by atoms with Crippen LogP contribution in [-0.2, 0) is 0 Å². The van der Waals surface area contributed by atoms with E-state index in [-0.39, 0.29) is 18.7 Å². The first-order valence-electron chi connectivity index (χ1n) is 13.6. The number of nitrogens with zero attached hydrogens (tertiary/aromatic N) is 2. The summed E-state index contributed by atoms with van der Waals surface area (Å²) in [6.07, 6.45) is 7.48. The SMILES string of the molecule is Cc1ccc(NC(=O)N2CCC(CC(CO)N3CCC(c4c[nH]c5ccccc45)CC3)CC2)cc1C. The number of H-pyrrole nitrogens is 1. The molecule has 5 rings (SSSR count). The molecule has 2 aliphatic rings. The number of piperidine rings is 2. The van der Waals surface area contributed by atoms with E-state index in [1.807, 2.05) is 17.0 Å². The third-order valence-corrected chi connectivity index (χ3v) is 8.58. The van der Waals surface area contributed by atoms with Crippen molar-refractivity contribution in [2.24, 2.45) is 5.92 Å². The Bertz CT molecular complexity index is 1170. The Morgan fingerprint density at radius 2 is 1.78 bits per heavy atom. The molecule has 2 saturated heterocycles. The number of nitrogens with one attached hydrogen (secondary N) is 2. The highest BCUT2D eigenvalue weighted by molar-refractivity contribution is 5.89. The van der Waals surface area contributed by atoms with Gasteiger partial charge in [-0.05, 0) is 106 Å². The summed E-state index contributed by atoms with van der Waals surface area (Å²) in [6.45, 7) is 7.99. The van der Waals surface area contributed by atoms with Gasteiger partial charge in [-0.1, -0.05) is 24.3 Å². The number of aromatic nitrogens is 1. The number of likely N-dealkylation sites (tertiary alicyclic amines) is 2. The zero-order chi connectivity index (χ0) is 25.1. The van der Waals surface area contributed by atoms with Crippen LogP contribution in [0.5, 0.6) is 0 Å². The van der Waals surface area contributed by atoms with Gasteiger partial charge < -0.3 is 20.3 Å². The zero-order valence-corrected chi connectivity index (χ0v) is 21.7. The highest BCUT2D eigenvalue weighted by Gasteiger charge is 2.30. The van der Waals surface area contributed by atoms with Crippen molar-refractivity contribution in [3.63, 3.8) is 0 Å². The third kappa shape index (κ3) is 5.45. The average Bonchev–Trinajstić information content (AvgIpc) is 3.34. The number of benzene rings is 2. The molecule has 6 nitrogen and oxygen atoms in total. The number of aliphatic hydroxyl groups is 1. The molecule has 0 radical (unpaired) electrons. The zero-order valence-electron chi connectivity index (χ0n) is 21.7. The molecule has 1 atom stereocenters. The van der Waals surface area contributed by atoms with Gasteiger partial charge >= 0.3 is 6.03 Å². The second kappa shape index (κ2) is 11.1. The summed E-state index contributed by atoms with van der Waals surface area (Å²) in [5, 5.41) is 14.6. The number of carbonyl (C=O) groups excluding carboxylic acids is 1. The van der Waals surface area contributed by atoms with Crippen LogP contribution in [0.2, 0.25) is 0 Å². The predicted octanol–water partition coefficient (Wildman–Crippen LogP) is 5.66. The summed E-state index contributed by atoms with van der Waals surface area (Å²) in [5.41, 5.74) is 5.94. The fourth-order valence-electron chi connectivity index (χ4n) is 6.12. The van der Waals surface area contributed by atoms with Crippen LogP contribution < -0.4 is 5.32 Å². The summed E-state index contributed by atoms with van der Waals surface area (Å²) in [5.74, 6) is 1.13. The van der Waals surface area contributed by atoms with Crippen molar-refractivity contribution in [3.8, 4) is 0 Å². The van der Waals surface area contributed by atoms with Crippen LogP contribution in [0.25, 0.3) is 10.9 Å². The van der Waals surface area contributed by atoms with Crippen molar-refractivity contribution < 1.29 is 9.90 Å². The first-order valence-corrected chi connectivity index (χ1v) is 13.6. The standard InChI is InChI=1S/C30H40N4O2/c1-21-7-8-25(17-22(21)2)32-30(36)34-13-9-23(10-14-34)18-26(20-35)33-15-11-24(12-16-33)28-19-31-29-6-4-3-5-27(28)29/h3-8,17,19,23-24,26,31,35H,9-16,18,20H2,1-2H3,(H,32,36). The van der Waals surface area contributed by atoms with E-state index in [2.05, 4.69) is 65.6 Å². The van der Waals surface area contributed by atoms with Gasteiger partial charge in [0.25, 0.3) is 0 Å². The molecule has 3 aromatic rings. The molecule has 36 heavy (non-hydrogen) atoms. The number of aryl methyl sites for hydroxylation is 2. The van der Waals surface area contributed by atoms with Crippen LogP contribution in [0.15, 0.2) is 48.7 Å². The van der Waals surface area contributed by atoms with Crippen molar-refractivity contribution in [2.75, 3.05) is 38.1 Å². The minimum atomic E-state index is -0.00485. The van der Waals surface area contributed by atoms with E-state index in [1.54, 1.807) is 0 Å². The van der Waals surface area contributed by atoms with E-state index < -0.39 is 0 Å². The first kappa shape index (κ1) is 24.8. The minimum Gasteiger partial charge on any atom is -0.395 e. The van der Waals surface area contributed by atoms with Gasteiger partial charge in [0.2, 0.25) is 0 Å². The molecule has 1 aromatic heterocycles. The topological polar surface area (TPSA) is 71.6 Å². The number of urea groups is 1. The summed E-state index contributed by atoms with van der Waals surface area (Å²) < 4.78 is 0. The second-order valence-electron chi connectivity index (χ2n) is 10.8. The maximum atomic E-state index is 12.8. The van der Waals surface area contributed by atoms with E-state index in [0.29, 0.717) is 11.8 Å². The van der Waals surface area contributed by atoms with Crippen LogP contribution in [0.4, 0.5) is 10.5 Å². The number of hydrogen-bond donors (Lipinski definition) is 3. The lowest BCUT2D eigenvalue weighted by atomic mass is 9.86. The number of anilines is 1. The Morgan fingerprint density at radius 3 is 2.50 bits per heavy atom. The number of aliphatic hydroxyl groups excluding tert-OH is 1. The van der Waals surface area contributed by atoms with Gasteiger partial charge in [0.15, 0.2) is 0 Å². The lowest BCUT2D eigenvalue weighted by molar-refractivity contribution is 0.0719. The lowest BCUT2D eigenvalue weighted by Crippen LogP contribution is -2.46. The number of fused-ring (bicyclic) bond motifs is 1. The number of carbonyl (C=O) groups is 1. The number of aromatic amines is 1. The Balaban J connectivity index is 1.09. The van der Waals surface area contributed by atoms with E-state index >= 15 is 0 Å². The van der Waals surface area contributed by atoms with Gasteiger partial charge in [-0.2, -0.15) is 0 Å². The summed E-state index contributed by atoms with van der Waals surface area (Å²) in [4.78, 5) is 20.6. The van der Waals surface area contributed by atoms with Gasteiger partial charge in [-0.3, -0.25) is 4.90 Å². The summed E-state index contributed by atoms with van der Waals surface area (Å²) in [6, 6.07) is 14.8. The number of amides is 2. The Labute approximate surface area is 214 Å². The highest BCUT2D eigenvalue weighted by atomic mass is 16.3. The van der Waals surface area contributed by atoms with E-state index in [0.717, 1.165) is 64.0 Å². The summed E-state index contributed by atoms with van der Waals surface area (Å²) >= 11 is 0. The molecule has 2 amide bonds. The summed E-state index contributed by atoms with van der Waals surface area (Å²) in [7, 11) is 0. The number of hydrogen-bond acceptors (Lipinski definition) is 3. The van der Waals surface area contributed by atoms with Gasteiger partial charge in [0, 0.05) is 41.9 Å². The van der Waals surface area contributed by atoms with Gasteiger partial charge in [0.1, 0.15) is 0 Å². The number of para-hydroxylation sites is 1. The third-order valence-electron chi connectivity index (χ3n) is 8.58. The van der Waals surface area contributed by atoms with E-state index in [1.165, 1.54) is 27.6 Å².